The Balaban J connectivity index is 1.62. The first-order valence-electron chi connectivity index (χ1n) is 8.53. The number of rotatable bonds is 6. The molecular weight excluding hydrogens is 281 g/mol. The predicted octanol–water partition coefficient (Wildman–Crippen LogP) is 3.61. The average molecular weight is 307 g/mol. The van der Waals surface area contributed by atoms with E-state index in [4.69, 9.17) is 4.74 Å². The number of aryl methyl sites for hydroxylation is 1. The van der Waals surface area contributed by atoms with Gasteiger partial charge in [0.25, 0.3) is 0 Å². The molecule has 1 aromatic rings. The predicted molar refractivity (Wildman–Crippen MR) is 84.9 cm³/mol. The molecule has 1 aliphatic carbocycles. The van der Waals surface area contributed by atoms with Crippen molar-refractivity contribution in [2.45, 2.75) is 50.7 Å². The number of aromatic hydroxyl groups is 1. The van der Waals surface area contributed by atoms with Gasteiger partial charge in [-0.25, -0.2) is 0 Å². The second kappa shape index (κ2) is 7.42. The first-order chi connectivity index (χ1) is 10.8. The maximum atomic E-state index is 12.1. The summed E-state index contributed by atoms with van der Waals surface area (Å²) < 4.78 is 18.2. The highest BCUT2D eigenvalue weighted by Crippen LogP contribution is 2.39. The van der Waals surface area contributed by atoms with Gasteiger partial charge in [0.15, 0.2) is 0 Å². The summed E-state index contributed by atoms with van der Waals surface area (Å²) in [5, 5.41) is 9.77. The van der Waals surface area contributed by atoms with Gasteiger partial charge in [0, 0.05) is 12.6 Å². The van der Waals surface area contributed by atoms with E-state index < -0.39 is 0 Å². The molecule has 4 heteroatoms. The Morgan fingerprint density at radius 3 is 2.95 bits per heavy atom. The van der Waals surface area contributed by atoms with Gasteiger partial charge in [-0.05, 0) is 55.5 Å². The summed E-state index contributed by atoms with van der Waals surface area (Å²) in [6.07, 6.45) is 6.20. The highest BCUT2D eigenvalue weighted by molar-refractivity contribution is 5.39. The molecule has 22 heavy (non-hydrogen) atoms. The lowest BCUT2D eigenvalue weighted by atomic mass is 9.84. The molecule has 2 atom stereocenters. The average Bonchev–Trinajstić information content (AvgIpc) is 2.54. The molecule has 2 unspecified atom stereocenters. The third kappa shape index (κ3) is 3.44. The van der Waals surface area contributed by atoms with E-state index in [9.17, 15) is 9.50 Å². The minimum Gasteiger partial charge on any atom is -0.508 e. The first kappa shape index (κ1) is 15.8. The van der Waals surface area contributed by atoms with Crippen molar-refractivity contribution in [3.8, 4) is 5.75 Å². The zero-order valence-corrected chi connectivity index (χ0v) is 13.1. The number of benzene rings is 1. The molecule has 0 saturated carbocycles. The molecule has 0 radical (unpaired) electrons. The van der Waals surface area contributed by atoms with Crippen LogP contribution in [-0.4, -0.2) is 42.4 Å². The number of morpholine rings is 1. The minimum absolute atomic E-state index is 0.0930. The summed E-state index contributed by atoms with van der Waals surface area (Å²) >= 11 is 0. The second-order valence-electron chi connectivity index (χ2n) is 6.42. The molecule has 1 heterocycles. The molecule has 1 aliphatic heterocycles. The van der Waals surface area contributed by atoms with E-state index in [0.29, 0.717) is 18.2 Å². The Hall–Kier alpha value is -1.13. The van der Waals surface area contributed by atoms with Crippen LogP contribution in [-0.2, 0) is 11.2 Å². The maximum absolute atomic E-state index is 12.1. The molecule has 0 aromatic heterocycles. The Labute approximate surface area is 132 Å². The lowest BCUT2D eigenvalue weighted by Crippen LogP contribution is -2.49. The molecule has 1 saturated heterocycles. The fraction of sp³-hybridized carbons (Fsp3) is 0.667. The largest absolute Gasteiger partial charge is 0.508 e. The van der Waals surface area contributed by atoms with Crippen LogP contribution in [0.25, 0.3) is 0 Å². The van der Waals surface area contributed by atoms with E-state index in [2.05, 4.69) is 4.90 Å². The van der Waals surface area contributed by atoms with E-state index in [1.165, 1.54) is 11.1 Å². The molecule has 0 bridgehead atoms. The summed E-state index contributed by atoms with van der Waals surface area (Å²) in [5.74, 6) is 0.325. The smallest absolute Gasteiger partial charge is 0.115 e. The quantitative estimate of drug-likeness (QED) is 0.815. The fourth-order valence-corrected chi connectivity index (χ4v) is 3.82. The van der Waals surface area contributed by atoms with Crippen LogP contribution in [0, 0.1) is 0 Å². The number of hydrogen-bond donors (Lipinski definition) is 1. The van der Waals surface area contributed by atoms with Gasteiger partial charge in [0.2, 0.25) is 0 Å². The van der Waals surface area contributed by atoms with Crippen LogP contribution in [0.4, 0.5) is 4.39 Å². The van der Waals surface area contributed by atoms with Crippen molar-refractivity contribution in [3.05, 3.63) is 29.3 Å². The molecule has 122 valence electrons. The van der Waals surface area contributed by atoms with Crippen molar-refractivity contribution in [1.29, 1.82) is 0 Å². The molecule has 3 nitrogen and oxygen atoms in total. The number of phenolic OH excluding ortho intramolecular Hbond substituents is 1. The van der Waals surface area contributed by atoms with Crippen molar-refractivity contribution in [2.24, 2.45) is 0 Å². The third-order valence-corrected chi connectivity index (χ3v) is 4.97. The molecule has 1 N–H and O–H groups in total. The standard InChI is InChI=1S/C18H26FNO2/c19-9-3-1-2-4-10-20-11-12-22-18-16-13-15(21)7-5-14(16)6-8-17(18)20/h5,7,13,17-18,21H,1-4,6,8-12H2. The molecule has 0 amide bonds. The molecule has 3 rings (SSSR count). The van der Waals surface area contributed by atoms with Crippen LogP contribution in [0.2, 0.25) is 0 Å². The maximum Gasteiger partial charge on any atom is 0.115 e. The van der Waals surface area contributed by atoms with E-state index in [1.54, 1.807) is 6.07 Å². The van der Waals surface area contributed by atoms with Gasteiger partial charge in [-0.3, -0.25) is 9.29 Å². The monoisotopic (exact) mass is 307 g/mol. The van der Waals surface area contributed by atoms with Crippen molar-refractivity contribution in [3.63, 3.8) is 0 Å². The highest BCUT2D eigenvalue weighted by atomic mass is 19.1. The van der Waals surface area contributed by atoms with Crippen molar-refractivity contribution < 1.29 is 14.2 Å². The Morgan fingerprint density at radius 1 is 1.23 bits per heavy atom. The van der Waals surface area contributed by atoms with Gasteiger partial charge in [0.1, 0.15) is 5.75 Å². The number of unbranched alkanes of at least 4 members (excludes halogenated alkanes) is 3. The van der Waals surface area contributed by atoms with E-state index in [0.717, 1.165) is 51.8 Å². The molecular formula is C18H26FNO2. The van der Waals surface area contributed by atoms with Crippen LogP contribution in [0.15, 0.2) is 18.2 Å². The Bertz CT molecular complexity index is 494. The number of hydrogen-bond acceptors (Lipinski definition) is 3. The zero-order chi connectivity index (χ0) is 15.4. The number of alkyl halides is 1. The normalized spacial score (nSPS) is 24.8. The summed E-state index contributed by atoms with van der Waals surface area (Å²) in [5.41, 5.74) is 2.47. The lowest BCUT2D eigenvalue weighted by Gasteiger charge is -2.44. The van der Waals surface area contributed by atoms with E-state index in [1.807, 2.05) is 12.1 Å². The topological polar surface area (TPSA) is 32.7 Å². The van der Waals surface area contributed by atoms with Gasteiger partial charge in [0.05, 0.1) is 19.4 Å². The fourth-order valence-electron chi connectivity index (χ4n) is 3.82. The zero-order valence-electron chi connectivity index (χ0n) is 13.1. The van der Waals surface area contributed by atoms with Crippen LogP contribution < -0.4 is 0 Å². The van der Waals surface area contributed by atoms with Gasteiger partial charge in [-0.1, -0.05) is 18.9 Å². The summed E-state index contributed by atoms with van der Waals surface area (Å²) in [4.78, 5) is 2.54. The Morgan fingerprint density at radius 2 is 2.09 bits per heavy atom. The highest BCUT2D eigenvalue weighted by Gasteiger charge is 2.37. The molecule has 0 spiro atoms. The number of fused-ring (bicyclic) bond motifs is 3. The minimum atomic E-state index is -0.192. The van der Waals surface area contributed by atoms with Gasteiger partial charge < -0.3 is 9.84 Å². The van der Waals surface area contributed by atoms with Gasteiger partial charge in [-0.15, -0.1) is 0 Å². The number of phenols is 1. The van der Waals surface area contributed by atoms with Gasteiger partial charge in [-0.2, -0.15) is 0 Å². The third-order valence-electron chi connectivity index (χ3n) is 4.97. The molecule has 1 fully saturated rings. The van der Waals surface area contributed by atoms with Crippen LogP contribution in [0.5, 0.6) is 5.75 Å². The first-order valence-corrected chi connectivity index (χ1v) is 8.53. The van der Waals surface area contributed by atoms with E-state index >= 15 is 0 Å². The number of halogens is 1. The Kier molecular flexibility index (Phi) is 5.32. The van der Waals surface area contributed by atoms with Gasteiger partial charge >= 0.3 is 0 Å². The number of nitrogens with zero attached hydrogens (tertiary/aromatic N) is 1. The summed E-state index contributed by atoms with van der Waals surface area (Å²) in [6.45, 7) is 2.62. The van der Waals surface area contributed by atoms with E-state index in [-0.39, 0.29) is 12.8 Å². The lowest BCUT2D eigenvalue weighted by molar-refractivity contribution is -0.0806. The molecule has 1 aromatic carbocycles. The van der Waals surface area contributed by atoms with Crippen molar-refractivity contribution in [1.82, 2.24) is 4.90 Å². The van der Waals surface area contributed by atoms with Crippen molar-refractivity contribution in [2.75, 3.05) is 26.4 Å². The summed E-state index contributed by atoms with van der Waals surface area (Å²) in [7, 11) is 0. The SMILES string of the molecule is Oc1ccc2c(c1)C1OCCN(CCCCCCF)C1CC2. The second-order valence-corrected chi connectivity index (χ2v) is 6.42. The number of ether oxygens (including phenoxy) is 1. The van der Waals surface area contributed by atoms with Crippen LogP contribution in [0.3, 0.4) is 0 Å². The van der Waals surface area contributed by atoms with Crippen LogP contribution in [0.1, 0.15) is 49.3 Å². The van der Waals surface area contributed by atoms with Crippen molar-refractivity contribution >= 4 is 0 Å². The summed E-state index contributed by atoms with van der Waals surface area (Å²) in [6, 6.07) is 6.09. The molecule has 2 aliphatic rings. The van der Waals surface area contributed by atoms with Crippen LogP contribution >= 0.6 is 0 Å².